The number of rotatable bonds is 5. The van der Waals surface area contributed by atoms with E-state index in [0.717, 1.165) is 34.3 Å². The minimum Gasteiger partial charge on any atom is -0.481 e. The average molecular weight is 412 g/mol. The van der Waals surface area contributed by atoms with Gasteiger partial charge in [0.15, 0.2) is 11.6 Å². The standard InChI is InChI=1S/C23H22F2N2O3/c1-26(22(28)11-14-6-8-18(24)19(25)10-14)15-7-9-21-17(12-23(29)30)16-4-2-3-5-20(16)27(21)13-15/h2-6,8,10,15H,7,9,11-13H2,1H3,(H,29,30)/t15-/m1/s1. The number of halogens is 2. The van der Waals surface area contributed by atoms with Crippen molar-refractivity contribution in [1.82, 2.24) is 9.47 Å². The highest BCUT2D eigenvalue weighted by molar-refractivity contribution is 5.89. The van der Waals surface area contributed by atoms with Gasteiger partial charge in [-0.05, 0) is 42.2 Å². The molecule has 7 heteroatoms. The van der Waals surface area contributed by atoms with Crippen molar-refractivity contribution in [3.05, 3.63) is 70.9 Å². The third kappa shape index (κ3) is 3.67. The van der Waals surface area contributed by atoms with Crippen LogP contribution >= 0.6 is 0 Å². The van der Waals surface area contributed by atoms with Gasteiger partial charge < -0.3 is 14.6 Å². The number of benzene rings is 2. The summed E-state index contributed by atoms with van der Waals surface area (Å²) in [6.07, 6.45) is 1.35. The smallest absolute Gasteiger partial charge is 0.307 e. The fraction of sp³-hybridized carbons (Fsp3) is 0.304. The maximum atomic E-state index is 13.4. The molecule has 0 bridgehead atoms. The first kappa shape index (κ1) is 20.1. The average Bonchev–Trinajstić information content (AvgIpc) is 3.03. The third-order valence-corrected chi connectivity index (χ3v) is 5.91. The number of hydrogen-bond acceptors (Lipinski definition) is 2. The summed E-state index contributed by atoms with van der Waals surface area (Å²) >= 11 is 0. The number of aromatic nitrogens is 1. The number of carboxylic acids is 1. The highest BCUT2D eigenvalue weighted by Gasteiger charge is 2.29. The molecule has 1 aromatic heterocycles. The van der Waals surface area contributed by atoms with Gasteiger partial charge in [0, 0.05) is 36.2 Å². The predicted octanol–water partition coefficient (Wildman–Crippen LogP) is 3.56. The van der Waals surface area contributed by atoms with Crippen molar-refractivity contribution in [3.8, 4) is 0 Å². The van der Waals surface area contributed by atoms with Crippen LogP contribution in [0.3, 0.4) is 0 Å². The molecule has 1 N–H and O–H groups in total. The van der Waals surface area contributed by atoms with Crippen LogP contribution < -0.4 is 0 Å². The van der Waals surface area contributed by atoms with Gasteiger partial charge in [0.1, 0.15) is 0 Å². The second-order valence-electron chi connectivity index (χ2n) is 7.75. The first-order chi connectivity index (χ1) is 14.3. The van der Waals surface area contributed by atoms with Gasteiger partial charge in [0.05, 0.1) is 12.8 Å². The Morgan fingerprint density at radius 2 is 1.90 bits per heavy atom. The molecule has 0 radical (unpaired) electrons. The van der Waals surface area contributed by atoms with Crippen LogP contribution in [0.15, 0.2) is 42.5 Å². The molecule has 2 aromatic carbocycles. The minimum atomic E-state index is -0.963. The molecule has 0 spiro atoms. The Kier molecular flexibility index (Phi) is 5.28. The predicted molar refractivity (Wildman–Crippen MR) is 108 cm³/mol. The highest BCUT2D eigenvalue weighted by atomic mass is 19.2. The SMILES string of the molecule is CN(C(=O)Cc1ccc(F)c(F)c1)[C@@H]1CCc2c(CC(=O)O)c3ccccc3n2C1. The molecule has 2 heterocycles. The van der Waals surface area contributed by atoms with Crippen molar-refractivity contribution in [1.29, 1.82) is 0 Å². The van der Waals surface area contributed by atoms with Crippen LogP contribution in [0.2, 0.25) is 0 Å². The molecule has 1 atom stereocenters. The Hall–Kier alpha value is -3.22. The number of amides is 1. The van der Waals surface area contributed by atoms with Crippen molar-refractivity contribution in [2.45, 2.75) is 38.3 Å². The maximum absolute atomic E-state index is 13.4. The molecule has 5 nitrogen and oxygen atoms in total. The van der Waals surface area contributed by atoms with Gasteiger partial charge in [0.25, 0.3) is 0 Å². The Labute approximate surface area is 172 Å². The van der Waals surface area contributed by atoms with E-state index in [9.17, 15) is 23.5 Å². The van der Waals surface area contributed by atoms with Gasteiger partial charge in [-0.2, -0.15) is 0 Å². The van der Waals surface area contributed by atoms with Gasteiger partial charge in [-0.25, -0.2) is 8.78 Å². The number of likely N-dealkylation sites (N-methyl/N-ethyl adjacent to an activating group) is 1. The zero-order chi connectivity index (χ0) is 21.4. The quantitative estimate of drug-likeness (QED) is 0.697. The van der Waals surface area contributed by atoms with Crippen LogP contribution in [-0.2, 0) is 35.4 Å². The largest absolute Gasteiger partial charge is 0.481 e. The lowest BCUT2D eigenvalue weighted by molar-refractivity contribution is -0.136. The zero-order valence-electron chi connectivity index (χ0n) is 16.6. The first-order valence-corrected chi connectivity index (χ1v) is 9.85. The molecule has 0 fully saturated rings. The summed E-state index contributed by atoms with van der Waals surface area (Å²) in [7, 11) is 1.72. The van der Waals surface area contributed by atoms with Crippen LogP contribution in [-0.4, -0.2) is 39.5 Å². The number of nitrogens with zero attached hydrogens (tertiary/aromatic N) is 2. The number of carbonyl (C=O) groups excluding carboxylic acids is 1. The number of fused-ring (bicyclic) bond motifs is 3. The number of para-hydroxylation sites is 1. The van der Waals surface area contributed by atoms with Gasteiger partial charge in [0.2, 0.25) is 5.91 Å². The molecule has 1 aliphatic rings. The highest BCUT2D eigenvalue weighted by Crippen LogP contribution is 2.32. The van der Waals surface area contributed by atoms with E-state index in [1.807, 2.05) is 24.3 Å². The summed E-state index contributed by atoms with van der Waals surface area (Å²) in [5.74, 6) is -2.93. The van der Waals surface area contributed by atoms with E-state index in [0.29, 0.717) is 24.9 Å². The lowest BCUT2D eigenvalue weighted by Crippen LogP contribution is -2.43. The van der Waals surface area contributed by atoms with E-state index in [-0.39, 0.29) is 24.8 Å². The maximum Gasteiger partial charge on any atom is 0.307 e. The van der Waals surface area contributed by atoms with Gasteiger partial charge >= 0.3 is 5.97 Å². The monoisotopic (exact) mass is 412 g/mol. The molecular formula is C23H22F2N2O3. The number of aliphatic carboxylic acids is 1. The molecule has 156 valence electrons. The molecule has 3 aromatic rings. The van der Waals surface area contributed by atoms with Crippen LogP contribution in [0.1, 0.15) is 23.2 Å². The third-order valence-electron chi connectivity index (χ3n) is 5.91. The second kappa shape index (κ2) is 7.89. The molecule has 1 aliphatic heterocycles. The molecule has 0 saturated carbocycles. The summed E-state index contributed by atoms with van der Waals surface area (Å²) in [6.45, 7) is 0.565. The van der Waals surface area contributed by atoms with Crippen LogP contribution in [0.5, 0.6) is 0 Å². The second-order valence-corrected chi connectivity index (χ2v) is 7.75. The fourth-order valence-corrected chi connectivity index (χ4v) is 4.34. The van der Waals surface area contributed by atoms with E-state index in [1.54, 1.807) is 11.9 Å². The molecule has 0 aliphatic carbocycles. The Balaban J connectivity index is 1.57. The minimum absolute atomic E-state index is 0.00620. The molecule has 0 saturated heterocycles. The summed E-state index contributed by atoms with van der Waals surface area (Å²) in [4.78, 5) is 25.8. The number of carboxylic acid groups (broad SMARTS) is 1. The summed E-state index contributed by atoms with van der Waals surface area (Å²) in [6, 6.07) is 11.2. The summed E-state index contributed by atoms with van der Waals surface area (Å²) in [5.41, 5.74) is 3.25. The summed E-state index contributed by atoms with van der Waals surface area (Å²) in [5, 5.41) is 10.3. The molecule has 0 unspecified atom stereocenters. The Morgan fingerprint density at radius 3 is 2.63 bits per heavy atom. The fourth-order valence-electron chi connectivity index (χ4n) is 4.34. The lowest BCUT2D eigenvalue weighted by Gasteiger charge is -2.33. The van der Waals surface area contributed by atoms with Gasteiger partial charge in [-0.1, -0.05) is 24.3 Å². The van der Waals surface area contributed by atoms with E-state index in [2.05, 4.69) is 4.57 Å². The molecule has 30 heavy (non-hydrogen) atoms. The van der Waals surface area contributed by atoms with Crippen molar-refractivity contribution in [3.63, 3.8) is 0 Å². The van der Waals surface area contributed by atoms with E-state index in [4.69, 9.17) is 0 Å². The normalized spacial score (nSPS) is 15.8. The zero-order valence-corrected chi connectivity index (χ0v) is 16.6. The first-order valence-electron chi connectivity index (χ1n) is 9.85. The van der Waals surface area contributed by atoms with Crippen LogP contribution in [0.4, 0.5) is 8.78 Å². The van der Waals surface area contributed by atoms with Crippen LogP contribution in [0.25, 0.3) is 10.9 Å². The van der Waals surface area contributed by atoms with Crippen molar-refractivity contribution in [2.75, 3.05) is 7.05 Å². The molecule has 4 rings (SSSR count). The van der Waals surface area contributed by atoms with Gasteiger partial charge in [-0.3, -0.25) is 9.59 Å². The Morgan fingerprint density at radius 1 is 1.13 bits per heavy atom. The van der Waals surface area contributed by atoms with Crippen LogP contribution in [0, 0.1) is 11.6 Å². The van der Waals surface area contributed by atoms with E-state index in [1.165, 1.54) is 6.07 Å². The number of carbonyl (C=O) groups is 2. The topological polar surface area (TPSA) is 62.5 Å². The Bertz CT molecular complexity index is 1140. The number of hydrogen-bond donors (Lipinski definition) is 1. The summed E-state index contributed by atoms with van der Waals surface area (Å²) < 4.78 is 28.7. The van der Waals surface area contributed by atoms with E-state index < -0.39 is 17.6 Å². The molecule has 1 amide bonds. The van der Waals surface area contributed by atoms with Crippen molar-refractivity contribution in [2.24, 2.45) is 0 Å². The van der Waals surface area contributed by atoms with Gasteiger partial charge in [-0.15, -0.1) is 0 Å². The lowest BCUT2D eigenvalue weighted by atomic mass is 9.99. The van der Waals surface area contributed by atoms with E-state index >= 15 is 0 Å². The molecular weight excluding hydrogens is 390 g/mol. The van der Waals surface area contributed by atoms with Crippen molar-refractivity contribution < 1.29 is 23.5 Å². The van der Waals surface area contributed by atoms with Crippen molar-refractivity contribution >= 4 is 22.8 Å².